The first-order valence-electron chi connectivity index (χ1n) is 9.05. The van der Waals surface area contributed by atoms with Crippen LogP contribution in [0.25, 0.3) is 6.08 Å². The number of hydrogen-bond acceptors (Lipinski definition) is 6. The minimum Gasteiger partial charge on any atom is -0.486 e. The second kappa shape index (κ2) is 10.5. The molecule has 2 aromatic carbocycles. The molecule has 1 aliphatic rings. The van der Waals surface area contributed by atoms with E-state index in [4.69, 9.17) is 32.7 Å². The van der Waals surface area contributed by atoms with Gasteiger partial charge in [-0.15, -0.1) is 0 Å². The molecule has 1 aliphatic heterocycles. The lowest BCUT2D eigenvalue weighted by Gasteiger charge is -2.12. The van der Waals surface area contributed by atoms with Gasteiger partial charge in [-0.1, -0.05) is 51.3 Å². The van der Waals surface area contributed by atoms with Crippen LogP contribution in [0.3, 0.4) is 0 Å². The zero-order valence-corrected chi connectivity index (χ0v) is 20.1. The summed E-state index contributed by atoms with van der Waals surface area (Å²) in [6.45, 7) is 1.66. The predicted octanol–water partition coefficient (Wildman–Crippen LogP) is 5.93. The summed E-state index contributed by atoms with van der Waals surface area (Å²) >= 11 is 16.8. The topological polar surface area (TPSA) is 72.9 Å². The van der Waals surface area contributed by atoms with Gasteiger partial charge in [0, 0.05) is 4.47 Å². The number of imide groups is 1. The fourth-order valence-corrected chi connectivity index (χ4v) is 4.38. The van der Waals surface area contributed by atoms with E-state index < -0.39 is 23.7 Å². The van der Waals surface area contributed by atoms with Gasteiger partial charge in [0.1, 0.15) is 13.2 Å². The van der Waals surface area contributed by atoms with Crippen LogP contribution in [0.15, 0.2) is 45.8 Å². The first kappa shape index (κ1) is 23.7. The Labute approximate surface area is 201 Å². The van der Waals surface area contributed by atoms with Crippen molar-refractivity contribution < 1.29 is 23.9 Å². The molecule has 1 heterocycles. The van der Waals surface area contributed by atoms with Crippen LogP contribution in [0, 0.1) is 0 Å². The Morgan fingerprint density at radius 1 is 1.16 bits per heavy atom. The molecular formula is C21H16BrCl2NO5S. The maximum Gasteiger partial charge on any atom is 0.326 e. The first-order chi connectivity index (χ1) is 14.8. The van der Waals surface area contributed by atoms with E-state index >= 15 is 0 Å². The van der Waals surface area contributed by atoms with Crippen molar-refractivity contribution in [2.45, 2.75) is 13.5 Å². The summed E-state index contributed by atoms with van der Waals surface area (Å²) in [5.74, 6) is -0.908. The predicted molar refractivity (Wildman–Crippen MR) is 124 cm³/mol. The normalized spacial score (nSPS) is 15.0. The highest BCUT2D eigenvalue weighted by Gasteiger charge is 2.36. The third kappa shape index (κ3) is 6.04. The molecule has 162 valence electrons. The number of esters is 1. The second-order valence-electron chi connectivity index (χ2n) is 6.30. The standard InChI is InChI=1S/C21H16BrCl2NO5S/c1-2-29-18(26)10-25-20(27)17(31-21(25)28)9-13-7-15(23)19(16(24)8-13)30-11-12-3-5-14(22)6-4-12/h3-9H,2,10-11H2,1H3/b17-9+. The Hall–Kier alpha value is -2.00. The van der Waals surface area contributed by atoms with E-state index in [-0.39, 0.29) is 28.2 Å². The van der Waals surface area contributed by atoms with E-state index in [9.17, 15) is 14.4 Å². The van der Waals surface area contributed by atoms with Crippen LogP contribution in [0.2, 0.25) is 10.0 Å². The molecule has 1 saturated heterocycles. The van der Waals surface area contributed by atoms with Crippen LogP contribution < -0.4 is 4.74 Å². The van der Waals surface area contributed by atoms with Crippen LogP contribution in [0.4, 0.5) is 4.79 Å². The fourth-order valence-electron chi connectivity index (χ4n) is 2.66. The number of rotatable bonds is 7. The molecule has 0 radical (unpaired) electrons. The zero-order chi connectivity index (χ0) is 22.5. The molecule has 1 fully saturated rings. The number of thioether (sulfide) groups is 1. The molecule has 0 aliphatic carbocycles. The van der Waals surface area contributed by atoms with Gasteiger partial charge in [0.15, 0.2) is 5.75 Å². The molecule has 0 aromatic heterocycles. The molecule has 0 bridgehead atoms. The molecule has 0 spiro atoms. The summed E-state index contributed by atoms with van der Waals surface area (Å²) in [7, 11) is 0. The van der Waals surface area contributed by atoms with Crippen LogP contribution in [-0.2, 0) is 20.9 Å². The Balaban J connectivity index is 1.74. The van der Waals surface area contributed by atoms with Gasteiger partial charge in [-0.3, -0.25) is 19.3 Å². The van der Waals surface area contributed by atoms with Crippen LogP contribution >= 0.6 is 50.9 Å². The van der Waals surface area contributed by atoms with E-state index in [1.165, 1.54) is 6.08 Å². The minimum atomic E-state index is -0.649. The SMILES string of the molecule is CCOC(=O)CN1C(=O)S/C(=C/c2cc(Cl)c(OCc3ccc(Br)cc3)c(Cl)c2)C1=O. The molecule has 6 nitrogen and oxygen atoms in total. The number of nitrogens with zero attached hydrogens (tertiary/aromatic N) is 1. The molecule has 31 heavy (non-hydrogen) atoms. The third-order valence-corrected chi connectivity index (χ3v) is 6.08. The minimum absolute atomic E-state index is 0.157. The molecule has 3 rings (SSSR count). The van der Waals surface area contributed by atoms with Gasteiger partial charge in [0.2, 0.25) is 0 Å². The van der Waals surface area contributed by atoms with Gasteiger partial charge >= 0.3 is 5.97 Å². The monoisotopic (exact) mass is 543 g/mol. The molecule has 0 N–H and O–H groups in total. The average Bonchev–Trinajstić information content (AvgIpc) is 2.96. The van der Waals surface area contributed by atoms with Crippen molar-refractivity contribution in [1.29, 1.82) is 0 Å². The quantitative estimate of drug-likeness (QED) is 0.317. The van der Waals surface area contributed by atoms with Crippen LogP contribution in [0.5, 0.6) is 5.75 Å². The van der Waals surface area contributed by atoms with E-state index in [1.54, 1.807) is 19.1 Å². The number of ether oxygens (including phenoxy) is 2. The highest BCUT2D eigenvalue weighted by Crippen LogP contribution is 2.37. The molecule has 2 aromatic rings. The summed E-state index contributed by atoms with van der Waals surface area (Å²) in [4.78, 5) is 37.2. The number of hydrogen-bond donors (Lipinski definition) is 0. The Morgan fingerprint density at radius 2 is 1.81 bits per heavy atom. The number of carbonyl (C=O) groups excluding carboxylic acids is 3. The van der Waals surface area contributed by atoms with Gasteiger partial charge in [0.25, 0.3) is 11.1 Å². The van der Waals surface area contributed by atoms with Gasteiger partial charge in [-0.25, -0.2) is 0 Å². The summed E-state index contributed by atoms with van der Waals surface area (Å²) in [6, 6.07) is 10.8. The first-order valence-corrected chi connectivity index (χ1v) is 11.4. The number of carbonyl (C=O) groups is 3. The second-order valence-corrected chi connectivity index (χ2v) is 9.02. The largest absolute Gasteiger partial charge is 0.486 e. The molecule has 2 amide bonds. The summed E-state index contributed by atoms with van der Waals surface area (Å²) in [6.07, 6.45) is 1.49. The van der Waals surface area contributed by atoms with Crippen LogP contribution in [0.1, 0.15) is 18.1 Å². The van der Waals surface area contributed by atoms with Crippen molar-refractivity contribution in [3.63, 3.8) is 0 Å². The van der Waals surface area contributed by atoms with E-state index in [0.717, 1.165) is 26.7 Å². The average molecular weight is 545 g/mol. The zero-order valence-electron chi connectivity index (χ0n) is 16.2. The van der Waals surface area contributed by atoms with Crippen molar-refractivity contribution >= 4 is 74.1 Å². The van der Waals surface area contributed by atoms with E-state index in [1.807, 2.05) is 24.3 Å². The molecule has 0 atom stereocenters. The highest BCUT2D eigenvalue weighted by molar-refractivity contribution is 9.10. The van der Waals surface area contributed by atoms with Crippen molar-refractivity contribution in [2.24, 2.45) is 0 Å². The number of benzene rings is 2. The summed E-state index contributed by atoms with van der Waals surface area (Å²) in [5, 5.41) is -0.0147. The molecule has 10 heteroatoms. The number of amides is 2. The van der Waals surface area contributed by atoms with Gasteiger partial charge < -0.3 is 9.47 Å². The molecule has 0 unspecified atom stereocenters. The van der Waals surface area contributed by atoms with Gasteiger partial charge in [0.05, 0.1) is 21.6 Å². The van der Waals surface area contributed by atoms with E-state index in [2.05, 4.69) is 15.9 Å². The molecule has 0 saturated carbocycles. The van der Waals surface area contributed by atoms with Crippen molar-refractivity contribution in [1.82, 2.24) is 4.90 Å². The van der Waals surface area contributed by atoms with Crippen molar-refractivity contribution in [3.8, 4) is 5.75 Å². The third-order valence-electron chi connectivity index (χ3n) is 4.08. The Morgan fingerprint density at radius 3 is 2.42 bits per heavy atom. The lowest BCUT2D eigenvalue weighted by atomic mass is 10.2. The Bertz CT molecular complexity index is 1040. The maximum absolute atomic E-state index is 12.5. The lowest BCUT2D eigenvalue weighted by Crippen LogP contribution is -2.34. The van der Waals surface area contributed by atoms with Crippen LogP contribution in [-0.4, -0.2) is 35.2 Å². The van der Waals surface area contributed by atoms with E-state index in [0.29, 0.717) is 11.3 Å². The lowest BCUT2D eigenvalue weighted by molar-refractivity contribution is -0.145. The molecular weight excluding hydrogens is 529 g/mol. The van der Waals surface area contributed by atoms with Gasteiger partial charge in [-0.05, 0) is 60.2 Å². The highest BCUT2D eigenvalue weighted by atomic mass is 79.9. The Kier molecular flexibility index (Phi) is 8.05. The fraction of sp³-hybridized carbons (Fsp3) is 0.190. The van der Waals surface area contributed by atoms with Crippen molar-refractivity contribution in [3.05, 3.63) is 66.9 Å². The number of halogens is 3. The van der Waals surface area contributed by atoms with Gasteiger partial charge in [-0.2, -0.15) is 0 Å². The smallest absolute Gasteiger partial charge is 0.326 e. The summed E-state index contributed by atoms with van der Waals surface area (Å²) < 4.78 is 11.5. The maximum atomic E-state index is 12.5. The summed E-state index contributed by atoms with van der Waals surface area (Å²) in [5.41, 5.74) is 1.46. The van der Waals surface area contributed by atoms with Crippen molar-refractivity contribution in [2.75, 3.05) is 13.2 Å².